The largest absolute Gasteiger partial charge is 0.512 e. The fraction of sp³-hybridized carbons (Fsp3) is 0.258. The number of nitrogen functional groups attached to an aromatic ring is 1. The molecule has 3 aromatic heterocycles. The number of β-lactam (4-membered cyclic amide) rings is 1. The van der Waals surface area contributed by atoms with Crippen LogP contribution in [-0.2, 0) is 30.6 Å². The third-order valence-corrected chi connectivity index (χ3v) is 11.2. The number of phenolic OH excluding ortho intramolecular Hbond substituents is 2. The van der Waals surface area contributed by atoms with Crippen molar-refractivity contribution in [2.75, 3.05) is 17.2 Å². The van der Waals surface area contributed by atoms with E-state index < -0.39 is 82.4 Å². The Labute approximate surface area is 341 Å². The molecule has 59 heavy (non-hydrogen) atoms. The van der Waals surface area contributed by atoms with E-state index in [0.717, 1.165) is 51.9 Å². The van der Waals surface area contributed by atoms with Crippen LogP contribution in [0.25, 0.3) is 5.78 Å². The lowest BCUT2D eigenvalue weighted by molar-refractivity contribution is -0.148. The fourth-order valence-electron chi connectivity index (χ4n) is 5.10. The highest BCUT2D eigenvalue weighted by Gasteiger charge is 2.54. The standard InChI is InChI=1S/C31H30N12O13S3/c1-31(2,27(51)38-37-21(47)11-3-4-15(45)16(46)5-11)56-41-18(14-10-59-28(32)34-14)22(48)35-19-24(50)42-25(55-30(52)53)12(9-58-26(19)42)8-57-17-6-13(7-44)33-29-36-20(23(49)40-54)39-43(17)29/h3-6,10,19,26,44-46,54H,7-9H2,1-2H3,(H2,32,34)(H,35,48)(H,37,47)(H,38,51)(H,40,49)(H,52,53)/b41-18-/t19-,26-/m1/s1. The first kappa shape index (κ1) is 41.9. The van der Waals surface area contributed by atoms with Crippen molar-refractivity contribution >= 4 is 87.2 Å². The molecule has 1 saturated heterocycles. The van der Waals surface area contributed by atoms with Crippen LogP contribution in [0.1, 0.15) is 46.2 Å². The summed E-state index contributed by atoms with van der Waals surface area (Å²) in [6.45, 7) is 2.02. The number of aliphatic hydroxyl groups excluding tert-OH is 1. The van der Waals surface area contributed by atoms with Crippen LogP contribution in [-0.4, -0.2) is 125 Å². The van der Waals surface area contributed by atoms with Gasteiger partial charge in [-0.3, -0.25) is 44.9 Å². The average Bonchev–Trinajstić information content (AvgIpc) is 3.84. The molecule has 4 aromatic rings. The van der Waals surface area contributed by atoms with Crippen LogP contribution in [0, 0.1) is 0 Å². The monoisotopic (exact) mass is 874 g/mol. The highest BCUT2D eigenvalue weighted by molar-refractivity contribution is 8.01. The Bertz CT molecular complexity index is 2450. The van der Waals surface area contributed by atoms with E-state index in [0.29, 0.717) is 10.6 Å². The van der Waals surface area contributed by atoms with Gasteiger partial charge in [0.25, 0.3) is 29.4 Å². The summed E-state index contributed by atoms with van der Waals surface area (Å²) < 4.78 is 6.23. The summed E-state index contributed by atoms with van der Waals surface area (Å²) in [7, 11) is 0. The number of nitrogens with one attached hydrogen (secondary N) is 4. The lowest BCUT2D eigenvalue weighted by Crippen LogP contribution is -2.70. The highest BCUT2D eigenvalue weighted by Crippen LogP contribution is 2.42. The lowest BCUT2D eigenvalue weighted by Gasteiger charge is -2.49. The highest BCUT2D eigenvalue weighted by atomic mass is 32.2. The van der Waals surface area contributed by atoms with Crippen LogP contribution in [0.3, 0.4) is 0 Å². The summed E-state index contributed by atoms with van der Waals surface area (Å²) in [5, 5.41) is 58.7. The zero-order valence-electron chi connectivity index (χ0n) is 30.1. The van der Waals surface area contributed by atoms with Crippen LogP contribution in [0.4, 0.5) is 9.93 Å². The van der Waals surface area contributed by atoms with Crippen molar-refractivity contribution < 1.29 is 64.0 Å². The molecule has 0 spiro atoms. The van der Waals surface area contributed by atoms with E-state index in [2.05, 4.69) is 41.4 Å². The molecule has 0 bridgehead atoms. The molecule has 5 amide bonds. The van der Waals surface area contributed by atoms with Crippen molar-refractivity contribution in [1.82, 2.24) is 51.1 Å². The number of fused-ring (bicyclic) bond motifs is 2. The maximum Gasteiger partial charge on any atom is 0.512 e. The van der Waals surface area contributed by atoms with E-state index in [9.17, 15) is 49.2 Å². The number of carboxylic acid groups (broad SMARTS) is 1. The van der Waals surface area contributed by atoms with Crippen LogP contribution < -0.4 is 27.4 Å². The molecule has 2 atom stereocenters. The number of thioether (sulfide) groups is 2. The summed E-state index contributed by atoms with van der Waals surface area (Å²) in [6.07, 6.45) is -1.73. The van der Waals surface area contributed by atoms with Gasteiger partial charge >= 0.3 is 12.1 Å². The number of thiazole rings is 1. The van der Waals surface area contributed by atoms with E-state index in [1.807, 2.05) is 0 Å². The predicted octanol–water partition coefficient (Wildman–Crippen LogP) is -0.756. The molecule has 0 unspecified atom stereocenters. The zero-order valence-corrected chi connectivity index (χ0v) is 32.5. The third kappa shape index (κ3) is 8.89. The Hall–Kier alpha value is -6.75. The molecule has 11 N–H and O–H groups in total. The average molecular weight is 875 g/mol. The number of oxime groups is 1. The maximum atomic E-state index is 13.7. The molecule has 0 saturated carbocycles. The number of carbonyl (C=O) groups excluding carboxylic acids is 5. The quantitative estimate of drug-likeness (QED) is 0.0115. The molecule has 1 fully saturated rings. The minimum Gasteiger partial charge on any atom is -0.504 e. The molecule has 2 aliphatic heterocycles. The van der Waals surface area contributed by atoms with Gasteiger partial charge < -0.3 is 41.1 Å². The van der Waals surface area contributed by atoms with Crippen LogP contribution in [0.5, 0.6) is 11.5 Å². The number of nitrogens with two attached hydrogens (primary N) is 1. The SMILES string of the molecule is CC(C)(O/N=C(\C(=O)N[C@@H]1C(=O)N2C(OC(=O)O)=C(CSc3cc(CO)nc4nc(C(=O)NO)nn34)CS[C@H]12)c1csc(N)n1)C(=O)NNC(=O)c1ccc(O)c(O)c1. The molecule has 5 heterocycles. The fourth-order valence-corrected chi connectivity index (χ4v) is 8.11. The van der Waals surface area contributed by atoms with E-state index in [-0.39, 0.29) is 45.2 Å². The van der Waals surface area contributed by atoms with E-state index in [4.69, 9.17) is 20.5 Å². The van der Waals surface area contributed by atoms with Crippen molar-refractivity contribution in [3.8, 4) is 11.5 Å². The second kappa shape index (κ2) is 17.0. The van der Waals surface area contributed by atoms with Crippen molar-refractivity contribution in [3.63, 3.8) is 0 Å². The van der Waals surface area contributed by atoms with Gasteiger partial charge in [0.05, 0.1) is 12.3 Å². The van der Waals surface area contributed by atoms with Crippen LogP contribution >= 0.6 is 34.9 Å². The van der Waals surface area contributed by atoms with Gasteiger partial charge in [-0.05, 0) is 38.1 Å². The Balaban J connectivity index is 1.16. The number of ether oxygens (including phenoxy) is 1. The number of benzene rings is 1. The molecule has 28 heteroatoms. The van der Waals surface area contributed by atoms with E-state index >= 15 is 0 Å². The number of hydrazine groups is 1. The number of carbonyl (C=O) groups is 6. The first-order valence-corrected chi connectivity index (χ1v) is 19.4. The minimum absolute atomic E-state index is 0.00134. The van der Waals surface area contributed by atoms with Crippen molar-refractivity contribution in [2.24, 2.45) is 5.16 Å². The first-order valence-electron chi connectivity index (χ1n) is 16.4. The first-order chi connectivity index (χ1) is 28.0. The summed E-state index contributed by atoms with van der Waals surface area (Å²) in [6, 6.07) is 3.44. The molecule has 310 valence electrons. The van der Waals surface area contributed by atoms with Gasteiger partial charge in [-0.2, -0.15) is 9.50 Å². The summed E-state index contributed by atoms with van der Waals surface area (Å²) in [5.74, 6) is -6.28. The Morgan fingerprint density at radius 3 is 2.51 bits per heavy atom. The number of hydrogen-bond acceptors (Lipinski definition) is 21. The van der Waals surface area contributed by atoms with Gasteiger partial charge in [-0.1, -0.05) is 5.16 Å². The second-order valence-corrected chi connectivity index (χ2v) is 15.5. The van der Waals surface area contributed by atoms with Crippen molar-refractivity contribution in [1.29, 1.82) is 0 Å². The van der Waals surface area contributed by atoms with Gasteiger partial charge in [0.1, 0.15) is 22.1 Å². The van der Waals surface area contributed by atoms with Crippen molar-refractivity contribution in [3.05, 3.63) is 63.9 Å². The number of amides is 5. The summed E-state index contributed by atoms with van der Waals surface area (Å²) >= 11 is 3.17. The predicted molar refractivity (Wildman–Crippen MR) is 201 cm³/mol. The minimum atomic E-state index is -1.85. The number of hydrogen-bond donors (Lipinski definition) is 10. The maximum absolute atomic E-state index is 13.7. The Kier molecular flexibility index (Phi) is 12.1. The molecule has 6 rings (SSSR count). The number of aromatic hydroxyl groups is 2. The number of aliphatic hydroxyl groups is 1. The van der Waals surface area contributed by atoms with Gasteiger partial charge in [0.2, 0.25) is 17.3 Å². The second-order valence-electron chi connectivity index (χ2n) is 12.5. The molecule has 0 radical (unpaired) electrons. The van der Waals surface area contributed by atoms with E-state index in [1.165, 1.54) is 41.4 Å². The number of aromatic nitrogens is 5. The van der Waals surface area contributed by atoms with E-state index in [1.54, 1.807) is 0 Å². The van der Waals surface area contributed by atoms with Gasteiger partial charge in [-0.25, -0.2) is 20.2 Å². The molecular formula is C31H30N12O13S3. The summed E-state index contributed by atoms with van der Waals surface area (Å²) in [5.41, 5.74) is 9.42. The third-order valence-electron chi connectivity index (χ3n) is 8.08. The number of rotatable bonds is 13. The van der Waals surface area contributed by atoms with Gasteiger partial charge in [-0.15, -0.1) is 40.0 Å². The number of hydroxylamine groups is 1. The Morgan fingerprint density at radius 2 is 1.85 bits per heavy atom. The lowest BCUT2D eigenvalue weighted by atomic mass is 10.1. The topological polar surface area (TPSA) is 368 Å². The Morgan fingerprint density at radius 1 is 1.08 bits per heavy atom. The molecule has 1 aromatic carbocycles. The molecule has 0 aliphatic carbocycles. The number of phenols is 2. The molecular weight excluding hydrogens is 845 g/mol. The van der Waals surface area contributed by atoms with Crippen molar-refractivity contribution in [2.45, 2.75) is 42.5 Å². The summed E-state index contributed by atoms with van der Waals surface area (Å²) in [4.78, 5) is 95.0. The van der Waals surface area contributed by atoms with Crippen LogP contribution in [0.2, 0.25) is 0 Å². The normalized spacial score (nSPS) is 16.5. The molecule has 2 aliphatic rings. The van der Waals surface area contributed by atoms with Gasteiger partial charge in [0.15, 0.2) is 22.3 Å². The van der Waals surface area contributed by atoms with Gasteiger partial charge in [0, 0.05) is 28.0 Å². The van der Waals surface area contributed by atoms with Crippen LogP contribution in [0.15, 0.2) is 51.3 Å². The zero-order chi connectivity index (χ0) is 42.8. The molecule has 25 nitrogen and oxygen atoms in total. The number of anilines is 1. The number of nitrogens with zero attached hydrogens (tertiary/aromatic N) is 7. The smallest absolute Gasteiger partial charge is 0.504 e.